The summed E-state index contributed by atoms with van der Waals surface area (Å²) in [6.07, 6.45) is 8.45. The van der Waals surface area contributed by atoms with Gasteiger partial charge >= 0.3 is 6.18 Å². The Morgan fingerprint density at radius 3 is 2.17 bits per heavy atom. The molecule has 208 valence electrons. The molecular weight excluding hydrogens is 464 g/mol. The standard InChI is InChI=1S/C19H34N2.C7H4F4.2C2H6/c1-6-10-13-20-19(9-4)16(5)21(14-7-2)18-12-11-17(8-3)15-18;8-6-3-1-2-5(4-6)7(9,10)11;2*1-2/h6,9-10,17-18,20H,5,7-8,11-15H2,1-4H3;1-4H;2*1-2H3/b10-6?,19-9-;;;/t17?,18-;;;/m1.../s1. The summed E-state index contributed by atoms with van der Waals surface area (Å²) >= 11 is 0. The molecule has 6 heteroatoms. The summed E-state index contributed by atoms with van der Waals surface area (Å²) in [5.74, 6) is 0.0343. The van der Waals surface area contributed by atoms with Crippen LogP contribution in [-0.2, 0) is 6.18 Å². The van der Waals surface area contributed by atoms with Crippen LogP contribution in [0.5, 0.6) is 0 Å². The topological polar surface area (TPSA) is 15.3 Å². The Hall–Kier alpha value is -2.24. The van der Waals surface area contributed by atoms with Gasteiger partial charge in [-0.1, -0.05) is 78.8 Å². The Bertz CT molecular complexity index is 754. The van der Waals surface area contributed by atoms with E-state index in [9.17, 15) is 17.6 Å². The van der Waals surface area contributed by atoms with E-state index in [0.29, 0.717) is 12.1 Å². The maximum Gasteiger partial charge on any atom is 0.416 e. The third-order valence-electron chi connectivity index (χ3n) is 5.74. The molecule has 0 bridgehead atoms. The summed E-state index contributed by atoms with van der Waals surface area (Å²) < 4.78 is 47.6. The summed E-state index contributed by atoms with van der Waals surface area (Å²) in [6.45, 7) is 23.1. The molecule has 1 aliphatic carbocycles. The molecule has 0 aromatic heterocycles. The van der Waals surface area contributed by atoms with Crippen molar-refractivity contribution in [2.75, 3.05) is 13.1 Å². The number of allylic oxidation sites excluding steroid dienone is 2. The Labute approximate surface area is 218 Å². The number of benzene rings is 1. The van der Waals surface area contributed by atoms with Crippen molar-refractivity contribution in [2.45, 2.75) is 99.7 Å². The number of halogens is 4. The smallest absolute Gasteiger partial charge is 0.380 e. The highest BCUT2D eigenvalue weighted by Crippen LogP contribution is 2.34. The highest BCUT2D eigenvalue weighted by atomic mass is 19.4. The molecular formula is C30H50F4N2. The Balaban J connectivity index is 0. The summed E-state index contributed by atoms with van der Waals surface area (Å²) in [6, 6.07) is 3.96. The lowest BCUT2D eigenvalue weighted by Crippen LogP contribution is -2.36. The molecule has 1 unspecified atom stereocenters. The molecule has 1 fully saturated rings. The predicted molar refractivity (Wildman–Crippen MR) is 148 cm³/mol. The van der Waals surface area contributed by atoms with Crippen molar-refractivity contribution >= 4 is 0 Å². The van der Waals surface area contributed by atoms with Crippen molar-refractivity contribution < 1.29 is 17.6 Å². The van der Waals surface area contributed by atoms with E-state index in [-0.39, 0.29) is 0 Å². The molecule has 2 atom stereocenters. The van der Waals surface area contributed by atoms with Crippen LogP contribution in [0.4, 0.5) is 17.6 Å². The van der Waals surface area contributed by atoms with Gasteiger partial charge in [0.1, 0.15) is 5.82 Å². The van der Waals surface area contributed by atoms with Gasteiger partial charge in [-0.25, -0.2) is 4.39 Å². The number of nitrogens with one attached hydrogen (secondary N) is 1. The van der Waals surface area contributed by atoms with E-state index in [0.717, 1.165) is 37.2 Å². The minimum Gasteiger partial charge on any atom is -0.380 e. The third kappa shape index (κ3) is 13.7. The van der Waals surface area contributed by atoms with Gasteiger partial charge in [-0.3, -0.25) is 0 Å². The molecule has 2 rings (SSSR count). The summed E-state index contributed by atoms with van der Waals surface area (Å²) in [7, 11) is 0. The molecule has 0 aliphatic heterocycles. The van der Waals surface area contributed by atoms with Gasteiger partial charge in [-0.2, -0.15) is 13.2 Å². The quantitative estimate of drug-likeness (QED) is 0.200. The molecule has 0 heterocycles. The first-order valence-corrected chi connectivity index (χ1v) is 13.5. The van der Waals surface area contributed by atoms with Gasteiger partial charge in [-0.05, 0) is 63.6 Å². The SMILES string of the molecule is C=C(/C(=C/C)NCC=CC)N(CCC)[C@@H]1CCC(CC)C1.CC.CC.Fc1cccc(C(F)(F)F)c1. The largest absolute Gasteiger partial charge is 0.416 e. The average molecular weight is 515 g/mol. The van der Waals surface area contributed by atoms with Crippen LogP contribution >= 0.6 is 0 Å². The van der Waals surface area contributed by atoms with Crippen LogP contribution in [0.1, 0.15) is 93.1 Å². The third-order valence-corrected chi connectivity index (χ3v) is 5.74. The number of alkyl halides is 3. The Kier molecular flexibility index (Phi) is 20.9. The van der Waals surface area contributed by atoms with Crippen molar-refractivity contribution in [1.29, 1.82) is 0 Å². The van der Waals surface area contributed by atoms with Crippen LogP contribution in [0.15, 0.2) is 60.5 Å². The highest BCUT2D eigenvalue weighted by Gasteiger charge is 2.30. The van der Waals surface area contributed by atoms with E-state index >= 15 is 0 Å². The van der Waals surface area contributed by atoms with Crippen LogP contribution < -0.4 is 5.32 Å². The van der Waals surface area contributed by atoms with Crippen molar-refractivity contribution in [3.8, 4) is 0 Å². The average Bonchev–Trinajstić information content (AvgIpc) is 3.36. The molecule has 1 aliphatic rings. The minimum absolute atomic E-state index is 0.458. The first kappa shape index (κ1) is 35.9. The van der Waals surface area contributed by atoms with E-state index in [1.54, 1.807) is 0 Å². The first-order valence-electron chi connectivity index (χ1n) is 13.5. The second-order valence-electron chi connectivity index (χ2n) is 8.04. The van der Waals surface area contributed by atoms with E-state index in [4.69, 9.17) is 0 Å². The zero-order chi connectivity index (χ0) is 28.1. The van der Waals surface area contributed by atoms with Gasteiger partial charge < -0.3 is 10.2 Å². The van der Waals surface area contributed by atoms with E-state index in [2.05, 4.69) is 62.7 Å². The maximum absolute atomic E-state index is 12.2. The van der Waals surface area contributed by atoms with Gasteiger partial charge in [0, 0.05) is 19.1 Å². The molecule has 0 radical (unpaired) electrons. The number of nitrogens with zero attached hydrogens (tertiary/aromatic N) is 1. The Morgan fingerprint density at radius 1 is 1.11 bits per heavy atom. The zero-order valence-electron chi connectivity index (χ0n) is 23.8. The van der Waals surface area contributed by atoms with Gasteiger partial charge in [0.2, 0.25) is 0 Å². The maximum atomic E-state index is 12.2. The van der Waals surface area contributed by atoms with Crippen LogP contribution in [0.3, 0.4) is 0 Å². The van der Waals surface area contributed by atoms with E-state index < -0.39 is 17.6 Å². The lowest BCUT2D eigenvalue weighted by molar-refractivity contribution is -0.137. The van der Waals surface area contributed by atoms with Gasteiger partial charge in [0.05, 0.1) is 17.0 Å². The lowest BCUT2D eigenvalue weighted by Gasteiger charge is -2.34. The predicted octanol–water partition coefficient (Wildman–Crippen LogP) is 9.76. The fourth-order valence-electron chi connectivity index (χ4n) is 3.96. The number of hydrogen-bond donors (Lipinski definition) is 1. The minimum atomic E-state index is -4.46. The van der Waals surface area contributed by atoms with Gasteiger partial charge in [0.25, 0.3) is 0 Å². The molecule has 2 nitrogen and oxygen atoms in total. The second kappa shape index (κ2) is 20.9. The first-order chi connectivity index (χ1) is 17.2. The van der Waals surface area contributed by atoms with Crippen molar-refractivity contribution in [3.05, 3.63) is 71.8 Å². The molecule has 0 saturated heterocycles. The molecule has 1 saturated carbocycles. The second-order valence-corrected chi connectivity index (χ2v) is 8.04. The molecule has 1 aromatic carbocycles. The zero-order valence-corrected chi connectivity index (χ0v) is 23.8. The van der Waals surface area contributed by atoms with Crippen LogP contribution in [0, 0.1) is 11.7 Å². The fourth-order valence-corrected chi connectivity index (χ4v) is 3.96. The Morgan fingerprint density at radius 2 is 1.75 bits per heavy atom. The van der Waals surface area contributed by atoms with Crippen LogP contribution in [-0.4, -0.2) is 24.0 Å². The van der Waals surface area contributed by atoms with Crippen LogP contribution in [0.25, 0.3) is 0 Å². The molecule has 1 aromatic rings. The molecule has 1 N–H and O–H groups in total. The van der Waals surface area contributed by atoms with Crippen molar-refractivity contribution in [3.63, 3.8) is 0 Å². The number of hydrogen-bond acceptors (Lipinski definition) is 2. The van der Waals surface area contributed by atoms with Gasteiger partial charge in [-0.15, -0.1) is 0 Å². The summed E-state index contributed by atoms with van der Waals surface area (Å²) in [5.41, 5.74) is 1.39. The van der Waals surface area contributed by atoms with E-state index in [1.165, 1.54) is 43.5 Å². The molecule has 36 heavy (non-hydrogen) atoms. The summed E-state index contributed by atoms with van der Waals surface area (Å²) in [5, 5.41) is 3.49. The normalized spacial score (nSPS) is 17.2. The number of rotatable bonds is 9. The molecule has 0 spiro atoms. The summed E-state index contributed by atoms with van der Waals surface area (Å²) in [4.78, 5) is 2.55. The fraction of sp³-hybridized carbons (Fsp3) is 0.600. The monoisotopic (exact) mass is 514 g/mol. The van der Waals surface area contributed by atoms with E-state index in [1.807, 2.05) is 27.7 Å². The van der Waals surface area contributed by atoms with Crippen LogP contribution in [0.2, 0.25) is 0 Å². The lowest BCUT2D eigenvalue weighted by atomic mass is 10.0. The van der Waals surface area contributed by atoms with Gasteiger partial charge in [0.15, 0.2) is 0 Å². The molecule has 0 amide bonds. The van der Waals surface area contributed by atoms with Crippen molar-refractivity contribution in [1.82, 2.24) is 10.2 Å². The van der Waals surface area contributed by atoms with Crippen molar-refractivity contribution in [2.24, 2.45) is 5.92 Å². The highest BCUT2D eigenvalue weighted by molar-refractivity contribution is 5.26.